The van der Waals surface area contributed by atoms with Gasteiger partial charge < -0.3 is 15.0 Å². The first kappa shape index (κ1) is 30.3. The Hall–Kier alpha value is -3.69. The number of ether oxygens (including phenoxy) is 1. The molecular formula is C31H29ClF4N2O3. The van der Waals surface area contributed by atoms with E-state index < -0.39 is 28.9 Å². The lowest BCUT2D eigenvalue weighted by Crippen LogP contribution is -2.19. The fraction of sp³-hybridized carbons (Fsp3) is 0.290. The first-order chi connectivity index (χ1) is 19.4. The number of nitrogens with one attached hydrogen (secondary N) is 1. The number of rotatable bonds is 9. The van der Waals surface area contributed by atoms with Crippen LogP contribution in [0.25, 0.3) is 6.08 Å². The van der Waals surface area contributed by atoms with Gasteiger partial charge in [-0.05, 0) is 87.8 Å². The third kappa shape index (κ3) is 7.74. The summed E-state index contributed by atoms with van der Waals surface area (Å²) in [7, 11) is 0. The topological polar surface area (TPSA) is 58.6 Å². The molecule has 1 fully saturated rings. The average molecular weight is 589 g/mol. The van der Waals surface area contributed by atoms with Gasteiger partial charge in [-0.2, -0.15) is 13.2 Å². The molecule has 1 amide bonds. The van der Waals surface area contributed by atoms with E-state index in [1.807, 2.05) is 12.2 Å². The van der Waals surface area contributed by atoms with Crippen LogP contribution < -0.4 is 10.1 Å². The van der Waals surface area contributed by atoms with Gasteiger partial charge in [-0.15, -0.1) is 0 Å². The highest BCUT2D eigenvalue weighted by Gasteiger charge is 2.32. The molecule has 0 spiro atoms. The number of amides is 1. The molecule has 10 heteroatoms. The highest BCUT2D eigenvalue weighted by Crippen LogP contribution is 2.38. The maximum atomic E-state index is 14.1. The molecule has 41 heavy (non-hydrogen) atoms. The lowest BCUT2D eigenvalue weighted by Gasteiger charge is -2.18. The maximum absolute atomic E-state index is 14.1. The molecule has 0 radical (unpaired) electrons. The summed E-state index contributed by atoms with van der Waals surface area (Å²) in [5, 5.41) is 2.88. The van der Waals surface area contributed by atoms with Crippen LogP contribution in [-0.2, 0) is 11.0 Å². The normalized spacial score (nSPS) is 14.0. The van der Waals surface area contributed by atoms with Crippen molar-refractivity contribution < 1.29 is 31.9 Å². The molecule has 0 aliphatic carbocycles. The van der Waals surface area contributed by atoms with E-state index >= 15 is 0 Å². The Bertz CT molecular complexity index is 1480. The number of halogens is 5. The Morgan fingerprint density at radius 1 is 1.07 bits per heavy atom. The van der Waals surface area contributed by atoms with Gasteiger partial charge in [0.05, 0.1) is 11.1 Å². The van der Waals surface area contributed by atoms with E-state index in [0.29, 0.717) is 34.7 Å². The molecular weight excluding hydrogens is 560 g/mol. The van der Waals surface area contributed by atoms with Gasteiger partial charge in [-0.25, -0.2) is 4.39 Å². The van der Waals surface area contributed by atoms with E-state index in [1.165, 1.54) is 38.0 Å². The second kappa shape index (κ2) is 12.9. The van der Waals surface area contributed by atoms with E-state index in [-0.39, 0.29) is 22.2 Å². The second-order valence-electron chi connectivity index (χ2n) is 9.88. The molecule has 1 N–H and O–H groups in total. The summed E-state index contributed by atoms with van der Waals surface area (Å²) in [6.45, 7) is 6.18. The zero-order chi connectivity index (χ0) is 29.7. The van der Waals surface area contributed by atoms with Crippen LogP contribution in [0.1, 0.15) is 58.8 Å². The summed E-state index contributed by atoms with van der Waals surface area (Å²) in [6.07, 6.45) is 2.24. The van der Waals surface area contributed by atoms with Gasteiger partial charge in [0.2, 0.25) is 5.91 Å². The van der Waals surface area contributed by atoms with Crippen molar-refractivity contribution in [3.05, 3.63) is 93.3 Å². The van der Waals surface area contributed by atoms with Crippen LogP contribution in [-0.4, -0.2) is 36.2 Å². The Kier molecular flexibility index (Phi) is 9.50. The van der Waals surface area contributed by atoms with Gasteiger partial charge in [-0.3, -0.25) is 9.59 Å². The number of ketones is 1. The Morgan fingerprint density at radius 2 is 1.80 bits per heavy atom. The molecule has 0 atom stereocenters. The van der Waals surface area contributed by atoms with E-state index in [2.05, 4.69) is 10.2 Å². The fourth-order valence-corrected chi connectivity index (χ4v) is 4.87. The first-order valence-corrected chi connectivity index (χ1v) is 13.5. The molecule has 216 valence electrons. The van der Waals surface area contributed by atoms with Crippen molar-refractivity contribution in [2.75, 3.05) is 25.0 Å². The zero-order valence-electron chi connectivity index (χ0n) is 22.6. The van der Waals surface area contributed by atoms with E-state index in [9.17, 15) is 27.2 Å². The van der Waals surface area contributed by atoms with Gasteiger partial charge in [0.25, 0.3) is 0 Å². The molecule has 1 aliphatic heterocycles. The molecule has 4 rings (SSSR count). The third-order valence-electron chi connectivity index (χ3n) is 6.74. The molecule has 0 saturated carbocycles. The van der Waals surface area contributed by atoms with Crippen molar-refractivity contribution >= 4 is 35.1 Å². The minimum atomic E-state index is -4.85. The van der Waals surface area contributed by atoms with E-state index in [1.54, 1.807) is 19.1 Å². The summed E-state index contributed by atoms with van der Waals surface area (Å²) < 4.78 is 60.3. The van der Waals surface area contributed by atoms with Crippen molar-refractivity contribution in [3.63, 3.8) is 0 Å². The lowest BCUT2D eigenvalue weighted by atomic mass is 9.99. The van der Waals surface area contributed by atoms with Crippen LogP contribution in [0.5, 0.6) is 11.5 Å². The average Bonchev–Trinajstić information content (AvgIpc) is 3.43. The number of benzene rings is 3. The van der Waals surface area contributed by atoms with Crippen LogP contribution in [0.15, 0.2) is 54.6 Å². The number of carbonyl (C=O) groups excluding carboxylic acids is 2. The molecule has 3 aromatic carbocycles. The van der Waals surface area contributed by atoms with Crippen LogP contribution in [0.3, 0.4) is 0 Å². The van der Waals surface area contributed by atoms with Crippen LogP contribution in [0, 0.1) is 12.7 Å². The molecule has 1 saturated heterocycles. The SMILES string of the molecule is CC(=O)Nc1ccc(/C=C/CCN2CCCC2)c(Oc2ccc(Cl)cc2C(=O)c2cc(F)cc(C(F)(F)F)c2)c1C. The molecule has 3 aromatic rings. The monoisotopic (exact) mass is 588 g/mol. The first-order valence-electron chi connectivity index (χ1n) is 13.1. The van der Waals surface area contributed by atoms with Gasteiger partial charge in [-0.1, -0.05) is 23.8 Å². The Balaban J connectivity index is 1.72. The van der Waals surface area contributed by atoms with Gasteiger partial charge in [0.1, 0.15) is 17.3 Å². The number of anilines is 1. The summed E-state index contributed by atoms with van der Waals surface area (Å²) in [6, 6.07) is 9.31. The Labute approximate surface area is 240 Å². The quantitative estimate of drug-likeness (QED) is 0.202. The summed E-state index contributed by atoms with van der Waals surface area (Å²) >= 11 is 6.15. The van der Waals surface area contributed by atoms with Crippen LogP contribution in [0.2, 0.25) is 5.02 Å². The van der Waals surface area contributed by atoms with E-state index in [0.717, 1.165) is 32.1 Å². The third-order valence-corrected chi connectivity index (χ3v) is 6.98. The summed E-state index contributed by atoms with van der Waals surface area (Å²) in [5.41, 5.74) is -0.217. The predicted octanol–water partition coefficient (Wildman–Crippen LogP) is 8.29. The van der Waals surface area contributed by atoms with Crippen molar-refractivity contribution in [1.82, 2.24) is 4.90 Å². The predicted molar refractivity (Wildman–Crippen MR) is 151 cm³/mol. The van der Waals surface area contributed by atoms with Crippen molar-refractivity contribution in [2.45, 2.75) is 39.3 Å². The number of hydrogen-bond donors (Lipinski definition) is 1. The van der Waals surface area contributed by atoms with Crippen molar-refractivity contribution in [1.29, 1.82) is 0 Å². The van der Waals surface area contributed by atoms with Crippen molar-refractivity contribution in [2.24, 2.45) is 0 Å². The smallest absolute Gasteiger partial charge is 0.416 e. The zero-order valence-corrected chi connectivity index (χ0v) is 23.3. The Morgan fingerprint density at radius 3 is 2.49 bits per heavy atom. The molecule has 0 aromatic heterocycles. The minimum Gasteiger partial charge on any atom is -0.456 e. The number of carbonyl (C=O) groups is 2. The highest BCUT2D eigenvalue weighted by molar-refractivity contribution is 6.31. The van der Waals surface area contributed by atoms with Gasteiger partial charge >= 0.3 is 6.18 Å². The standard InChI is InChI=1S/C31H29ClF4N2O3/c1-19-27(37-20(2)39)10-8-21(7-3-4-12-38-13-5-6-14-38)30(19)41-28-11-9-24(32)18-26(28)29(40)22-15-23(31(34,35)36)17-25(33)16-22/h3,7-11,15-18H,4-6,12-14H2,1-2H3,(H,37,39)/b7-3+. The number of hydrogen-bond acceptors (Lipinski definition) is 4. The van der Waals surface area contributed by atoms with Crippen molar-refractivity contribution in [3.8, 4) is 11.5 Å². The molecule has 0 unspecified atom stereocenters. The molecule has 1 heterocycles. The molecule has 5 nitrogen and oxygen atoms in total. The molecule has 1 aliphatic rings. The number of likely N-dealkylation sites (tertiary alicyclic amines) is 1. The summed E-state index contributed by atoms with van der Waals surface area (Å²) in [5.74, 6) is -2.05. The second-order valence-corrected chi connectivity index (χ2v) is 10.3. The van der Waals surface area contributed by atoms with Gasteiger partial charge in [0.15, 0.2) is 5.78 Å². The largest absolute Gasteiger partial charge is 0.456 e. The maximum Gasteiger partial charge on any atom is 0.416 e. The fourth-order valence-electron chi connectivity index (χ4n) is 4.70. The lowest BCUT2D eigenvalue weighted by molar-refractivity contribution is -0.137. The van der Waals surface area contributed by atoms with Crippen LogP contribution >= 0.6 is 11.6 Å². The van der Waals surface area contributed by atoms with Crippen LogP contribution in [0.4, 0.5) is 23.2 Å². The minimum absolute atomic E-state index is 0.00649. The summed E-state index contributed by atoms with van der Waals surface area (Å²) in [4.78, 5) is 27.6. The van der Waals surface area contributed by atoms with E-state index in [4.69, 9.17) is 16.3 Å². The van der Waals surface area contributed by atoms with Gasteiger partial charge in [0, 0.05) is 40.9 Å². The highest BCUT2D eigenvalue weighted by atomic mass is 35.5. The number of nitrogens with zero attached hydrogens (tertiary/aromatic N) is 1. The molecule has 0 bridgehead atoms. The number of alkyl halides is 3.